The number of aromatic nitrogens is 2. The first-order chi connectivity index (χ1) is 5.59. The molecule has 7 nitrogen and oxygen atoms in total. The number of hydrogen-bond donors (Lipinski definition) is 0. The highest BCUT2D eigenvalue weighted by Crippen LogP contribution is 1.96. The summed E-state index contributed by atoms with van der Waals surface area (Å²) in [5.74, 6) is -1.23. The van der Waals surface area contributed by atoms with Gasteiger partial charge in [0.15, 0.2) is 0 Å². The Bertz CT molecular complexity index is 423. The summed E-state index contributed by atoms with van der Waals surface area (Å²) in [7, 11) is -2.78. The highest BCUT2D eigenvalue weighted by atomic mass is 32.2. The number of carbonyl (C=O) groups excluding carboxylic acids is 1. The maximum absolute atomic E-state index is 10.7. The molecule has 0 N–H and O–H groups in total. The summed E-state index contributed by atoms with van der Waals surface area (Å²) in [6.45, 7) is 1.47. The molecule has 0 aromatic carbocycles. The predicted molar refractivity (Wildman–Crippen MR) is 34.7 cm³/mol. The van der Waals surface area contributed by atoms with Crippen LogP contribution in [0.25, 0.3) is 0 Å². The molecule has 0 unspecified atom stereocenters. The van der Waals surface area contributed by atoms with Crippen LogP contribution in [0, 0.1) is 6.92 Å². The van der Waals surface area contributed by atoms with Gasteiger partial charge >= 0.3 is 16.4 Å². The van der Waals surface area contributed by atoms with Crippen LogP contribution in [0.15, 0.2) is 8.89 Å². The number of carbonyl (C=O) groups is 1. The molecule has 1 amide bonds. The average molecular weight is 189 g/mol. The highest BCUT2D eigenvalue weighted by molar-refractivity contribution is 7.62. The van der Waals surface area contributed by atoms with Crippen molar-refractivity contribution < 1.29 is 17.7 Å². The summed E-state index contributed by atoms with van der Waals surface area (Å²) in [5, 5.41) is 3.17. The lowest BCUT2D eigenvalue weighted by molar-refractivity contribution is 0.0992. The topological polar surface area (TPSA) is 102 Å². The van der Waals surface area contributed by atoms with Crippen molar-refractivity contribution in [1.29, 1.82) is 0 Å². The molecule has 8 heteroatoms. The van der Waals surface area contributed by atoms with E-state index in [0.717, 1.165) is 0 Å². The van der Waals surface area contributed by atoms with Crippen molar-refractivity contribution in [1.82, 2.24) is 10.1 Å². The SMILES string of the molecule is Cc1nc(C(=O)N=S(=O)=O)no1. The second kappa shape index (κ2) is 3.22. The molecule has 0 atom stereocenters. The van der Waals surface area contributed by atoms with Crippen LogP contribution in [0.4, 0.5) is 0 Å². The van der Waals surface area contributed by atoms with E-state index in [9.17, 15) is 13.2 Å². The number of rotatable bonds is 1. The average Bonchev–Trinajstić information content (AvgIpc) is 2.34. The zero-order valence-electron chi connectivity index (χ0n) is 5.88. The van der Waals surface area contributed by atoms with Crippen molar-refractivity contribution in [3.05, 3.63) is 11.7 Å². The van der Waals surface area contributed by atoms with Crippen LogP contribution in [-0.4, -0.2) is 24.5 Å². The summed E-state index contributed by atoms with van der Waals surface area (Å²) >= 11 is 0. The van der Waals surface area contributed by atoms with Crippen LogP contribution in [0.2, 0.25) is 0 Å². The van der Waals surface area contributed by atoms with Gasteiger partial charge in [-0.15, -0.1) is 0 Å². The van der Waals surface area contributed by atoms with Crippen molar-refractivity contribution in [2.75, 3.05) is 0 Å². The summed E-state index contributed by atoms with van der Waals surface area (Å²) in [4.78, 5) is 14.2. The van der Waals surface area contributed by atoms with Crippen molar-refractivity contribution in [2.45, 2.75) is 6.92 Å². The van der Waals surface area contributed by atoms with Gasteiger partial charge in [0.2, 0.25) is 5.89 Å². The lowest BCUT2D eigenvalue weighted by Crippen LogP contribution is -1.96. The first kappa shape index (κ1) is 8.53. The monoisotopic (exact) mass is 189 g/mol. The Kier molecular flexibility index (Phi) is 2.29. The summed E-state index contributed by atoms with van der Waals surface area (Å²) in [6.07, 6.45) is 0. The molecule has 1 aromatic heterocycles. The fraction of sp³-hybridized carbons (Fsp3) is 0.250. The Morgan fingerprint density at radius 1 is 1.58 bits per heavy atom. The summed E-state index contributed by atoms with van der Waals surface area (Å²) < 4.78 is 26.9. The Morgan fingerprint density at radius 2 is 2.25 bits per heavy atom. The van der Waals surface area contributed by atoms with Gasteiger partial charge in [0.25, 0.3) is 5.82 Å². The molecule has 0 saturated heterocycles. The third-order valence-corrected chi connectivity index (χ3v) is 1.19. The largest absolute Gasteiger partial charge is 0.339 e. The molecule has 0 aliphatic heterocycles. The van der Waals surface area contributed by atoms with Gasteiger partial charge in [0, 0.05) is 6.92 Å². The predicted octanol–water partition coefficient (Wildman–Crippen LogP) is -0.419. The fourth-order valence-corrected chi connectivity index (χ4v) is 0.712. The molecular weight excluding hydrogens is 186 g/mol. The molecule has 1 heterocycles. The van der Waals surface area contributed by atoms with Gasteiger partial charge in [-0.2, -0.15) is 13.4 Å². The van der Waals surface area contributed by atoms with E-state index in [1.165, 1.54) is 6.92 Å². The molecular formula is C4H3N3O4S. The van der Waals surface area contributed by atoms with Crippen LogP contribution in [0.1, 0.15) is 16.5 Å². The Morgan fingerprint density at radius 3 is 2.67 bits per heavy atom. The van der Waals surface area contributed by atoms with E-state index in [1.54, 1.807) is 0 Å². The Labute approximate surface area is 68.1 Å². The van der Waals surface area contributed by atoms with Gasteiger partial charge in [-0.1, -0.05) is 9.52 Å². The zero-order valence-corrected chi connectivity index (χ0v) is 6.70. The Balaban J connectivity index is 3.01. The van der Waals surface area contributed by atoms with E-state index in [2.05, 4.69) is 19.0 Å². The van der Waals surface area contributed by atoms with Gasteiger partial charge in [-0.05, 0) is 0 Å². The second-order valence-electron chi connectivity index (χ2n) is 1.75. The smallest absolute Gasteiger partial charge is 0.333 e. The molecule has 0 aliphatic rings. The van der Waals surface area contributed by atoms with E-state index in [1.807, 2.05) is 0 Å². The van der Waals surface area contributed by atoms with E-state index < -0.39 is 16.4 Å². The van der Waals surface area contributed by atoms with Gasteiger partial charge in [-0.3, -0.25) is 4.79 Å². The van der Waals surface area contributed by atoms with Crippen molar-refractivity contribution in [3.63, 3.8) is 0 Å². The van der Waals surface area contributed by atoms with Gasteiger partial charge in [-0.25, -0.2) is 0 Å². The second-order valence-corrected chi connectivity index (χ2v) is 2.37. The maximum Gasteiger partial charge on any atom is 0.333 e. The zero-order chi connectivity index (χ0) is 9.14. The number of aryl methyl sites for hydroxylation is 1. The summed E-state index contributed by atoms with van der Waals surface area (Å²) in [5.41, 5.74) is 0. The fourth-order valence-electron chi connectivity index (χ4n) is 0.495. The summed E-state index contributed by atoms with van der Waals surface area (Å²) in [6, 6.07) is 0. The molecule has 12 heavy (non-hydrogen) atoms. The molecule has 0 aliphatic carbocycles. The van der Waals surface area contributed by atoms with Crippen molar-refractivity contribution in [3.8, 4) is 0 Å². The minimum Gasteiger partial charge on any atom is -0.339 e. The molecule has 0 spiro atoms. The Hall–Kier alpha value is -1.57. The van der Waals surface area contributed by atoms with Gasteiger partial charge in [0.05, 0.1) is 0 Å². The standard InChI is InChI=1S/C4H3N3O4S/c1-2-5-3(6-11-2)4(8)7-12(9)10/h1H3. The lowest BCUT2D eigenvalue weighted by Gasteiger charge is -1.75. The molecule has 0 bridgehead atoms. The quantitative estimate of drug-likeness (QED) is 0.594. The third kappa shape index (κ3) is 1.95. The molecule has 1 rings (SSSR count). The molecule has 0 fully saturated rings. The third-order valence-electron chi connectivity index (χ3n) is 0.876. The normalized spacial score (nSPS) is 9.42. The van der Waals surface area contributed by atoms with Crippen LogP contribution >= 0.6 is 0 Å². The van der Waals surface area contributed by atoms with Crippen LogP contribution < -0.4 is 0 Å². The van der Waals surface area contributed by atoms with Gasteiger partial charge < -0.3 is 4.52 Å². The number of nitrogens with zero attached hydrogens (tertiary/aromatic N) is 3. The first-order valence-corrected chi connectivity index (χ1v) is 3.78. The minimum atomic E-state index is -2.78. The van der Waals surface area contributed by atoms with Crippen LogP contribution in [-0.2, 0) is 10.5 Å². The van der Waals surface area contributed by atoms with E-state index in [0.29, 0.717) is 0 Å². The number of amides is 1. The van der Waals surface area contributed by atoms with E-state index in [-0.39, 0.29) is 11.7 Å². The first-order valence-electron chi connectivity index (χ1n) is 2.75. The van der Waals surface area contributed by atoms with Crippen molar-refractivity contribution >= 4 is 16.4 Å². The van der Waals surface area contributed by atoms with E-state index in [4.69, 9.17) is 0 Å². The van der Waals surface area contributed by atoms with Crippen LogP contribution in [0.3, 0.4) is 0 Å². The van der Waals surface area contributed by atoms with Crippen molar-refractivity contribution in [2.24, 2.45) is 4.36 Å². The molecule has 0 radical (unpaired) electrons. The minimum absolute atomic E-state index is 0.172. The lowest BCUT2D eigenvalue weighted by atomic mass is 10.6. The highest BCUT2D eigenvalue weighted by Gasteiger charge is 2.11. The van der Waals surface area contributed by atoms with Crippen LogP contribution in [0.5, 0.6) is 0 Å². The maximum atomic E-state index is 10.7. The molecule has 0 saturated carbocycles. The molecule has 1 aromatic rings. The van der Waals surface area contributed by atoms with E-state index >= 15 is 0 Å². The van der Waals surface area contributed by atoms with Gasteiger partial charge in [0.1, 0.15) is 0 Å². The number of hydrogen-bond acceptors (Lipinski definition) is 6. The molecule has 64 valence electrons.